The molecule has 1 amide bonds. The molecule has 3 aromatic rings. The predicted molar refractivity (Wildman–Crippen MR) is 127 cm³/mol. The van der Waals surface area contributed by atoms with Gasteiger partial charge in [-0.05, 0) is 23.8 Å². The van der Waals surface area contributed by atoms with Gasteiger partial charge in [0.15, 0.2) is 11.4 Å². The number of benzene rings is 3. The third-order valence-corrected chi connectivity index (χ3v) is 5.76. The van der Waals surface area contributed by atoms with Crippen LogP contribution in [-0.4, -0.2) is 37.6 Å². The predicted octanol–water partition coefficient (Wildman–Crippen LogP) is 4.22. The summed E-state index contributed by atoms with van der Waals surface area (Å²) in [7, 11) is 2.98. The van der Waals surface area contributed by atoms with E-state index in [0.717, 1.165) is 5.56 Å². The van der Waals surface area contributed by atoms with Gasteiger partial charge in [0.2, 0.25) is 0 Å². The third-order valence-electron chi connectivity index (χ3n) is 5.76. The van der Waals surface area contributed by atoms with Crippen molar-refractivity contribution in [1.82, 2.24) is 0 Å². The molecule has 0 bridgehead atoms. The largest absolute Gasteiger partial charge is 0.497 e. The third kappa shape index (κ3) is 4.25. The Balaban J connectivity index is 1.61. The summed E-state index contributed by atoms with van der Waals surface area (Å²) in [4.78, 5) is 28.1. The van der Waals surface area contributed by atoms with Crippen LogP contribution in [0.2, 0.25) is 0 Å². The Bertz CT molecular complexity index is 1200. The van der Waals surface area contributed by atoms with Crippen molar-refractivity contribution in [3.63, 3.8) is 0 Å². The summed E-state index contributed by atoms with van der Waals surface area (Å²) >= 11 is 0. The maximum atomic E-state index is 13.4. The molecule has 168 valence electrons. The lowest BCUT2D eigenvalue weighted by atomic mass is 9.88. The van der Waals surface area contributed by atoms with Gasteiger partial charge < -0.3 is 19.5 Å². The van der Waals surface area contributed by atoms with Gasteiger partial charge >= 0.3 is 0 Å². The van der Waals surface area contributed by atoms with Gasteiger partial charge in [0.25, 0.3) is 5.91 Å². The Hall–Kier alpha value is -3.90. The highest BCUT2D eigenvalue weighted by atomic mass is 16.5. The van der Waals surface area contributed by atoms with Gasteiger partial charge in [-0.25, -0.2) is 0 Å². The molecule has 1 aliphatic heterocycles. The Morgan fingerprint density at radius 2 is 1.73 bits per heavy atom. The van der Waals surface area contributed by atoms with E-state index in [1.165, 1.54) is 19.1 Å². The molecule has 33 heavy (non-hydrogen) atoms. The number of methoxy groups -OCH3 is 2. The molecule has 0 aromatic heterocycles. The van der Waals surface area contributed by atoms with Gasteiger partial charge in [0.1, 0.15) is 11.5 Å². The zero-order valence-corrected chi connectivity index (χ0v) is 18.5. The number of hydrogen-bond acceptors (Lipinski definition) is 5. The first kappa shape index (κ1) is 22.3. The molecule has 1 atom stereocenters. The average Bonchev–Trinajstić information content (AvgIpc) is 3.06. The van der Waals surface area contributed by atoms with Crippen molar-refractivity contribution in [3.8, 4) is 11.5 Å². The van der Waals surface area contributed by atoms with Gasteiger partial charge in [0, 0.05) is 18.2 Å². The molecule has 0 saturated heterocycles. The second kappa shape index (κ2) is 9.30. The van der Waals surface area contributed by atoms with Crippen LogP contribution in [0.25, 0.3) is 6.08 Å². The molecule has 0 fully saturated rings. The number of anilines is 1. The molecule has 0 aliphatic carbocycles. The summed E-state index contributed by atoms with van der Waals surface area (Å²) in [5.41, 5.74) is 0.342. The summed E-state index contributed by atoms with van der Waals surface area (Å²) in [5.74, 6) is -0.0609. The zero-order valence-electron chi connectivity index (χ0n) is 18.5. The van der Waals surface area contributed by atoms with Crippen LogP contribution in [0.15, 0.2) is 78.9 Å². The first-order valence-electron chi connectivity index (χ1n) is 10.6. The molecule has 1 aliphatic rings. The molecule has 0 saturated carbocycles. The summed E-state index contributed by atoms with van der Waals surface area (Å²) in [5, 5.41) is 11.5. The van der Waals surface area contributed by atoms with E-state index in [1.807, 2.05) is 42.5 Å². The Morgan fingerprint density at radius 1 is 1.00 bits per heavy atom. The number of carbonyl (C=O) groups excluding carboxylic acids is 2. The lowest BCUT2D eigenvalue weighted by molar-refractivity contribution is -0.135. The molecule has 3 aromatic carbocycles. The monoisotopic (exact) mass is 443 g/mol. The van der Waals surface area contributed by atoms with E-state index in [4.69, 9.17) is 9.47 Å². The maximum Gasteiger partial charge on any atom is 0.264 e. The number of aliphatic hydroxyl groups is 1. The first-order valence-corrected chi connectivity index (χ1v) is 10.6. The number of nitrogens with zero attached hydrogens (tertiary/aromatic N) is 1. The summed E-state index contributed by atoms with van der Waals surface area (Å²) < 4.78 is 10.5. The van der Waals surface area contributed by atoms with Crippen LogP contribution >= 0.6 is 0 Å². The van der Waals surface area contributed by atoms with Crippen LogP contribution in [0, 0.1) is 0 Å². The van der Waals surface area contributed by atoms with Crippen LogP contribution in [0.1, 0.15) is 27.9 Å². The fraction of sp³-hybridized carbons (Fsp3) is 0.185. The van der Waals surface area contributed by atoms with Crippen molar-refractivity contribution in [2.75, 3.05) is 25.7 Å². The second-order valence-electron chi connectivity index (χ2n) is 7.77. The molecule has 1 unspecified atom stereocenters. The highest BCUT2D eigenvalue weighted by Gasteiger charge is 2.50. The Labute approximate surface area is 192 Å². The van der Waals surface area contributed by atoms with Gasteiger partial charge in [-0.3, -0.25) is 9.59 Å². The molecule has 1 heterocycles. The first-order chi connectivity index (χ1) is 16.0. The number of hydrogen-bond donors (Lipinski definition) is 1. The van der Waals surface area contributed by atoms with Gasteiger partial charge in [-0.2, -0.15) is 0 Å². The Kier molecular flexibility index (Phi) is 6.29. The van der Waals surface area contributed by atoms with Crippen molar-refractivity contribution < 1.29 is 24.2 Å². The lowest BCUT2D eigenvalue weighted by Crippen LogP contribution is -2.42. The fourth-order valence-corrected chi connectivity index (χ4v) is 4.07. The molecule has 0 spiro atoms. The number of fused-ring (bicyclic) bond motifs is 1. The van der Waals surface area contributed by atoms with Crippen LogP contribution in [0.3, 0.4) is 0 Å². The van der Waals surface area contributed by atoms with Crippen molar-refractivity contribution in [3.05, 3.63) is 95.6 Å². The molecule has 6 nitrogen and oxygen atoms in total. The summed E-state index contributed by atoms with van der Waals surface area (Å²) in [6, 6.07) is 21.6. The summed E-state index contributed by atoms with van der Waals surface area (Å²) in [6.45, 7) is 0.271. The standard InChI is InChI=1S/C27H25NO5/c1-32-20-14-15-21(25(17-20)33-2)24(29)18-27(31)22-12-6-7-13-23(22)28(26(27)30)16-8-11-19-9-4-3-5-10-19/h3-15,17,31H,16,18H2,1-2H3/b11-8+. The van der Waals surface area contributed by atoms with Crippen LogP contribution < -0.4 is 14.4 Å². The molecular weight excluding hydrogens is 418 g/mol. The van der Waals surface area contributed by atoms with E-state index in [-0.39, 0.29) is 12.1 Å². The normalized spacial score (nSPS) is 17.3. The molecular formula is C27H25NO5. The number of amides is 1. The summed E-state index contributed by atoms with van der Waals surface area (Å²) in [6.07, 6.45) is 3.38. The zero-order chi connectivity index (χ0) is 23.4. The molecule has 1 N–H and O–H groups in total. The number of para-hydroxylation sites is 1. The highest BCUT2D eigenvalue weighted by molar-refractivity contribution is 6.11. The minimum atomic E-state index is -1.96. The highest BCUT2D eigenvalue weighted by Crippen LogP contribution is 2.43. The second-order valence-corrected chi connectivity index (χ2v) is 7.77. The van der Waals surface area contributed by atoms with E-state index in [0.29, 0.717) is 22.7 Å². The van der Waals surface area contributed by atoms with Gasteiger partial charge in [-0.15, -0.1) is 0 Å². The lowest BCUT2D eigenvalue weighted by Gasteiger charge is -2.22. The van der Waals surface area contributed by atoms with Crippen molar-refractivity contribution >= 4 is 23.5 Å². The Morgan fingerprint density at radius 3 is 2.45 bits per heavy atom. The molecule has 6 heteroatoms. The topological polar surface area (TPSA) is 76.1 Å². The number of rotatable bonds is 8. The van der Waals surface area contributed by atoms with Crippen molar-refractivity contribution in [2.45, 2.75) is 12.0 Å². The minimum absolute atomic E-state index is 0.271. The van der Waals surface area contributed by atoms with Gasteiger partial charge in [-0.1, -0.05) is 60.7 Å². The average molecular weight is 443 g/mol. The number of ether oxygens (including phenoxy) is 2. The van der Waals surface area contributed by atoms with Crippen molar-refractivity contribution in [2.24, 2.45) is 0 Å². The van der Waals surface area contributed by atoms with E-state index in [2.05, 4.69) is 0 Å². The van der Waals surface area contributed by atoms with Gasteiger partial charge in [0.05, 0.1) is 31.9 Å². The SMILES string of the molecule is COc1ccc(C(=O)CC2(O)C(=O)N(C/C=C/c3ccccc3)c3ccccc32)c(OC)c1. The smallest absolute Gasteiger partial charge is 0.264 e. The molecule has 4 rings (SSSR count). The number of Topliss-reactive ketones (excluding diaryl/α,β-unsaturated/α-hetero) is 1. The number of carbonyl (C=O) groups is 2. The molecule has 0 radical (unpaired) electrons. The van der Waals surface area contributed by atoms with Crippen LogP contribution in [0.4, 0.5) is 5.69 Å². The van der Waals surface area contributed by atoms with Crippen LogP contribution in [0.5, 0.6) is 11.5 Å². The van der Waals surface area contributed by atoms with Crippen molar-refractivity contribution in [1.29, 1.82) is 0 Å². The van der Waals surface area contributed by atoms with Crippen LogP contribution in [-0.2, 0) is 10.4 Å². The maximum absolute atomic E-state index is 13.4. The van der Waals surface area contributed by atoms with E-state index in [1.54, 1.807) is 42.5 Å². The quantitative estimate of drug-likeness (QED) is 0.528. The van der Waals surface area contributed by atoms with E-state index < -0.39 is 23.7 Å². The van der Waals surface area contributed by atoms with E-state index in [9.17, 15) is 14.7 Å². The van der Waals surface area contributed by atoms with E-state index >= 15 is 0 Å². The number of ketones is 1. The fourth-order valence-electron chi connectivity index (χ4n) is 4.07. The minimum Gasteiger partial charge on any atom is -0.497 e.